The molecule has 1 aromatic heterocycles. The lowest BCUT2D eigenvalue weighted by Crippen LogP contribution is -1.91. The molecule has 0 radical (unpaired) electrons. The number of hydrogen-bond donors (Lipinski definition) is 1. The first kappa shape index (κ1) is 9.75. The normalized spacial score (nSPS) is 9.00. The molecule has 0 bridgehead atoms. The Labute approximate surface area is 80.4 Å². The molecule has 0 aliphatic carbocycles. The third-order valence-corrected chi connectivity index (χ3v) is 2.07. The van der Waals surface area contributed by atoms with Gasteiger partial charge in [-0.05, 0) is 12.8 Å². The van der Waals surface area contributed by atoms with E-state index in [1.54, 1.807) is 0 Å². The molecule has 0 aromatic carbocycles. The lowest BCUT2D eigenvalue weighted by molar-refractivity contribution is -0.136. The summed E-state index contributed by atoms with van der Waals surface area (Å²) in [5, 5.41) is 11.2. The molecule has 0 amide bonds. The van der Waals surface area contributed by atoms with Crippen LogP contribution in [-0.4, -0.2) is 16.1 Å². The van der Waals surface area contributed by atoms with Crippen molar-refractivity contribution in [1.82, 2.24) is 4.98 Å². The quantitative estimate of drug-likeness (QED) is 0.730. The zero-order valence-electron chi connectivity index (χ0n) is 7.20. The minimum Gasteiger partial charge on any atom is -0.481 e. The van der Waals surface area contributed by atoms with E-state index in [1.807, 2.05) is 12.3 Å². The molecule has 4 heteroatoms. The predicted octanol–water partition coefficient (Wildman–Crippen LogP) is 1.67. The molecule has 1 aromatic rings. The number of aryl methyl sites for hydroxylation is 1. The number of carboxylic acid groups (broad SMARTS) is 1. The van der Waals surface area contributed by atoms with E-state index in [4.69, 9.17) is 5.11 Å². The smallest absolute Gasteiger partial charge is 0.304 e. The van der Waals surface area contributed by atoms with Crippen LogP contribution in [0.25, 0.3) is 0 Å². The van der Waals surface area contributed by atoms with Gasteiger partial charge in [-0.15, -0.1) is 11.3 Å². The molecular weight excluding hydrogens is 186 g/mol. The highest BCUT2D eigenvalue weighted by molar-refractivity contribution is 7.09. The highest BCUT2D eigenvalue weighted by Gasteiger charge is 1.93. The Morgan fingerprint density at radius 3 is 3.08 bits per heavy atom. The fraction of sp³-hybridized carbons (Fsp3) is 0.333. The molecule has 0 aliphatic rings. The summed E-state index contributed by atoms with van der Waals surface area (Å²) in [5.74, 6) is 4.75. The van der Waals surface area contributed by atoms with Gasteiger partial charge in [0.2, 0.25) is 0 Å². The van der Waals surface area contributed by atoms with Crippen molar-refractivity contribution < 1.29 is 9.90 Å². The highest BCUT2D eigenvalue weighted by atomic mass is 32.1. The maximum Gasteiger partial charge on any atom is 0.304 e. The van der Waals surface area contributed by atoms with Crippen molar-refractivity contribution in [2.24, 2.45) is 0 Å². The standard InChI is InChI=1S/C9H9NO2S/c1-7-10-8(6-13-7)4-2-3-5-9(11)12/h6H,3,5H2,1H3,(H,11,12). The van der Waals surface area contributed by atoms with Gasteiger partial charge >= 0.3 is 5.97 Å². The number of carboxylic acids is 1. The van der Waals surface area contributed by atoms with Crippen molar-refractivity contribution in [3.63, 3.8) is 0 Å². The van der Waals surface area contributed by atoms with Crippen LogP contribution in [0.1, 0.15) is 23.5 Å². The molecule has 0 atom stereocenters. The van der Waals surface area contributed by atoms with Gasteiger partial charge in [0.15, 0.2) is 0 Å². The number of aliphatic carboxylic acids is 1. The average molecular weight is 195 g/mol. The summed E-state index contributed by atoms with van der Waals surface area (Å²) in [4.78, 5) is 14.3. The SMILES string of the molecule is Cc1nc(C#CCCC(=O)O)cs1. The summed E-state index contributed by atoms with van der Waals surface area (Å²) in [6, 6.07) is 0. The van der Waals surface area contributed by atoms with E-state index >= 15 is 0 Å². The van der Waals surface area contributed by atoms with Gasteiger partial charge < -0.3 is 5.11 Å². The zero-order chi connectivity index (χ0) is 9.68. The monoisotopic (exact) mass is 195 g/mol. The lowest BCUT2D eigenvalue weighted by atomic mass is 10.3. The van der Waals surface area contributed by atoms with Crippen LogP contribution in [-0.2, 0) is 4.79 Å². The molecule has 0 saturated heterocycles. The summed E-state index contributed by atoms with van der Waals surface area (Å²) < 4.78 is 0. The molecule has 0 saturated carbocycles. The van der Waals surface area contributed by atoms with Crippen molar-refractivity contribution in [2.75, 3.05) is 0 Å². The molecule has 0 unspecified atom stereocenters. The van der Waals surface area contributed by atoms with Crippen LogP contribution in [0.5, 0.6) is 0 Å². The fourth-order valence-electron chi connectivity index (χ4n) is 0.743. The summed E-state index contributed by atoms with van der Waals surface area (Å²) in [6.45, 7) is 1.91. The third kappa shape index (κ3) is 3.72. The van der Waals surface area contributed by atoms with Crippen molar-refractivity contribution >= 4 is 17.3 Å². The molecule has 1 rings (SSSR count). The molecule has 1 N–H and O–H groups in total. The summed E-state index contributed by atoms with van der Waals surface area (Å²) in [6.07, 6.45) is 0.474. The van der Waals surface area contributed by atoms with Crippen molar-refractivity contribution in [2.45, 2.75) is 19.8 Å². The van der Waals surface area contributed by atoms with Crippen LogP contribution in [0.15, 0.2) is 5.38 Å². The summed E-state index contributed by atoms with van der Waals surface area (Å²) in [5.41, 5.74) is 0.730. The van der Waals surface area contributed by atoms with E-state index < -0.39 is 5.97 Å². The molecule has 3 nitrogen and oxygen atoms in total. The third-order valence-electron chi connectivity index (χ3n) is 1.30. The van der Waals surface area contributed by atoms with Crippen LogP contribution in [0.2, 0.25) is 0 Å². The number of hydrogen-bond acceptors (Lipinski definition) is 3. The lowest BCUT2D eigenvalue weighted by Gasteiger charge is -1.82. The zero-order valence-corrected chi connectivity index (χ0v) is 8.02. The Balaban J connectivity index is 2.44. The highest BCUT2D eigenvalue weighted by Crippen LogP contribution is 2.06. The van der Waals surface area contributed by atoms with Gasteiger partial charge in [-0.2, -0.15) is 0 Å². The summed E-state index contributed by atoms with van der Waals surface area (Å²) >= 11 is 1.54. The van der Waals surface area contributed by atoms with Gasteiger partial charge in [0, 0.05) is 11.8 Å². The van der Waals surface area contributed by atoms with E-state index in [1.165, 1.54) is 11.3 Å². The van der Waals surface area contributed by atoms with Crippen LogP contribution in [0.3, 0.4) is 0 Å². The van der Waals surface area contributed by atoms with Gasteiger partial charge in [-0.1, -0.05) is 5.92 Å². The topological polar surface area (TPSA) is 50.2 Å². The van der Waals surface area contributed by atoms with Crippen LogP contribution in [0.4, 0.5) is 0 Å². The van der Waals surface area contributed by atoms with Crippen LogP contribution in [0, 0.1) is 18.8 Å². The van der Waals surface area contributed by atoms with Gasteiger partial charge in [0.1, 0.15) is 5.69 Å². The van der Waals surface area contributed by atoms with E-state index in [9.17, 15) is 4.79 Å². The Morgan fingerprint density at radius 2 is 2.54 bits per heavy atom. The predicted molar refractivity (Wildman–Crippen MR) is 50.6 cm³/mol. The first-order chi connectivity index (χ1) is 6.18. The molecule has 0 spiro atoms. The number of aromatic nitrogens is 1. The maximum absolute atomic E-state index is 10.1. The number of thiazole rings is 1. The van der Waals surface area contributed by atoms with Crippen LogP contribution >= 0.6 is 11.3 Å². The second-order valence-electron chi connectivity index (χ2n) is 2.45. The minimum atomic E-state index is -0.816. The Morgan fingerprint density at radius 1 is 1.77 bits per heavy atom. The first-order valence-corrected chi connectivity index (χ1v) is 4.69. The Bertz CT molecular complexity index is 359. The maximum atomic E-state index is 10.1. The van der Waals surface area contributed by atoms with Gasteiger partial charge in [0.05, 0.1) is 11.4 Å². The molecule has 0 aliphatic heterocycles. The fourth-order valence-corrected chi connectivity index (χ4v) is 1.29. The van der Waals surface area contributed by atoms with E-state index in [-0.39, 0.29) is 6.42 Å². The first-order valence-electron chi connectivity index (χ1n) is 3.81. The van der Waals surface area contributed by atoms with Gasteiger partial charge in [-0.3, -0.25) is 4.79 Å². The van der Waals surface area contributed by atoms with E-state index in [0.717, 1.165) is 10.7 Å². The second-order valence-corrected chi connectivity index (χ2v) is 3.51. The van der Waals surface area contributed by atoms with Crippen molar-refractivity contribution in [3.05, 3.63) is 16.1 Å². The largest absolute Gasteiger partial charge is 0.481 e. The Hall–Kier alpha value is -1.34. The number of carbonyl (C=O) groups is 1. The molecular formula is C9H9NO2S. The second kappa shape index (κ2) is 4.63. The van der Waals surface area contributed by atoms with E-state index in [0.29, 0.717) is 6.42 Å². The number of rotatable bonds is 2. The van der Waals surface area contributed by atoms with Crippen LogP contribution < -0.4 is 0 Å². The Kier molecular flexibility index (Phi) is 3.47. The molecule has 13 heavy (non-hydrogen) atoms. The van der Waals surface area contributed by atoms with Gasteiger partial charge in [0.25, 0.3) is 0 Å². The van der Waals surface area contributed by atoms with Crippen molar-refractivity contribution in [1.29, 1.82) is 0 Å². The van der Waals surface area contributed by atoms with Crippen molar-refractivity contribution in [3.8, 4) is 11.8 Å². The minimum absolute atomic E-state index is 0.0934. The molecule has 0 fully saturated rings. The molecule has 1 heterocycles. The average Bonchev–Trinajstić information content (AvgIpc) is 2.45. The van der Waals surface area contributed by atoms with Gasteiger partial charge in [-0.25, -0.2) is 4.98 Å². The molecule has 68 valence electrons. The van der Waals surface area contributed by atoms with E-state index in [2.05, 4.69) is 16.8 Å². The summed E-state index contributed by atoms with van der Waals surface area (Å²) in [7, 11) is 0. The number of nitrogens with zero attached hydrogens (tertiary/aromatic N) is 1.